The molecular weight excluding hydrogens is 646 g/mol. The third kappa shape index (κ3) is 9.76. The van der Waals surface area contributed by atoms with E-state index < -0.39 is 11.1 Å². The van der Waals surface area contributed by atoms with Gasteiger partial charge >= 0.3 is 0 Å². The molecule has 5 nitrogen and oxygen atoms in total. The Morgan fingerprint density at radius 3 is 2.34 bits per heavy atom. The Bertz CT molecular complexity index is 1330. The van der Waals surface area contributed by atoms with Crippen LogP contribution in [0.1, 0.15) is 114 Å². The highest BCUT2D eigenvalue weighted by atomic mass is 32.1. The van der Waals surface area contributed by atoms with Gasteiger partial charge in [-0.3, -0.25) is 18.6 Å². The minimum Gasteiger partial charge on any atom is -0.483 e. The average molecular weight is 706 g/mol. The Labute approximate surface area is 308 Å². The number of alkyl halides is 2. The van der Waals surface area contributed by atoms with E-state index in [-0.39, 0.29) is 12.9 Å². The summed E-state index contributed by atoms with van der Waals surface area (Å²) in [5.74, 6) is 4.43. The number of nitrogens with two attached hydrogens (primary N) is 1. The Kier molecular flexibility index (Phi) is 16.0. The number of halogens is 2. The Morgan fingerprint density at radius 2 is 1.76 bits per heavy atom. The molecule has 3 aliphatic carbocycles. The van der Waals surface area contributed by atoms with E-state index in [0.29, 0.717) is 29.5 Å². The predicted octanol–water partition coefficient (Wildman–Crippen LogP) is 8.56. The van der Waals surface area contributed by atoms with Gasteiger partial charge in [-0.15, -0.1) is 13.2 Å². The molecular formula is C40H59B2F2N3O2S. The maximum Gasteiger partial charge on any atom is 0.290 e. The number of rotatable bonds is 8. The van der Waals surface area contributed by atoms with Gasteiger partial charge in [0.25, 0.3) is 6.47 Å². The van der Waals surface area contributed by atoms with E-state index in [1.807, 2.05) is 12.4 Å². The van der Waals surface area contributed by atoms with E-state index in [1.165, 1.54) is 69.0 Å². The monoisotopic (exact) mass is 705 g/mol. The summed E-state index contributed by atoms with van der Waals surface area (Å²) in [5, 5.41) is 6.89. The molecule has 1 saturated heterocycles. The standard InChI is InChI=1S/C31H43N3.C6H10B2F2S.C2H4.CH2O2/c1-3-4-23-19-24-20-25(34-17-12-22(13-18-34)21-10-15-33-16-11-21)5-6-26(24)27-9-14-31(2)28(30(23)27)7-8-29(31)32;1-5(7,9)6(8,10)3-2-4-11;1-2;2-1-3/h5-6,10-11,15-16,20,22-23,27-30H,3-4,7-9,12-14,17-19,32H2,1-2H3;11H,2-4H2,1H3;1-2H2;1H,(H,2,3)/t23-,27?,28?,29?,30?,31?;;;/m1.../s1. The second-order valence-corrected chi connectivity index (χ2v) is 15.5. The zero-order valence-corrected chi connectivity index (χ0v) is 31.5. The fourth-order valence-electron chi connectivity index (χ4n) is 9.35. The Hall–Kier alpha value is -2.32. The van der Waals surface area contributed by atoms with Gasteiger partial charge in [0.05, 0.1) is 11.1 Å². The molecule has 2 heterocycles. The molecule has 50 heavy (non-hydrogen) atoms. The van der Waals surface area contributed by atoms with Gasteiger partial charge in [-0.1, -0.05) is 32.8 Å². The highest BCUT2D eigenvalue weighted by Crippen LogP contribution is 2.62. The predicted molar refractivity (Wildman–Crippen MR) is 209 cm³/mol. The topological polar surface area (TPSA) is 79.5 Å². The van der Waals surface area contributed by atoms with Crippen molar-refractivity contribution in [1.82, 2.24) is 4.98 Å². The first-order chi connectivity index (χ1) is 23.8. The number of thiol groups is 1. The van der Waals surface area contributed by atoms with Gasteiger partial charge in [-0.25, -0.2) is 0 Å². The fraction of sp³-hybridized carbons (Fsp3) is 0.650. The van der Waals surface area contributed by atoms with Gasteiger partial charge in [-0.05, 0) is 146 Å². The summed E-state index contributed by atoms with van der Waals surface area (Å²) in [6.45, 7) is 13.9. The summed E-state index contributed by atoms with van der Waals surface area (Å²) in [6.07, 6.45) is 15.9. The fourth-order valence-corrected chi connectivity index (χ4v) is 9.51. The SMILES string of the molecule is C=C.CCC[C@@H]1Cc2cc(N3CCC(c4ccncc4)CC3)ccc2C2CCC3(C)C(N)CCC3C21.O=CO.[B]C(C)(F)C([B])(F)CCCS. The largest absolute Gasteiger partial charge is 0.483 e. The number of carbonyl (C=O) groups is 1. The van der Waals surface area contributed by atoms with Crippen molar-refractivity contribution in [1.29, 1.82) is 0 Å². The summed E-state index contributed by atoms with van der Waals surface area (Å²) in [4.78, 5) is 15.2. The van der Waals surface area contributed by atoms with Crippen molar-refractivity contribution in [3.05, 3.63) is 72.6 Å². The number of carboxylic acid groups (broad SMARTS) is 1. The number of hydrogen-bond donors (Lipinski definition) is 3. The Balaban J connectivity index is 0.000000358. The minimum absolute atomic E-state index is 0.111. The van der Waals surface area contributed by atoms with Crippen molar-refractivity contribution in [2.45, 2.75) is 120 Å². The van der Waals surface area contributed by atoms with Gasteiger partial charge in [0.15, 0.2) is 0 Å². The van der Waals surface area contributed by atoms with Crippen LogP contribution in [-0.2, 0) is 11.2 Å². The van der Waals surface area contributed by atoms with E-state index in [1.54, 1.807) is 11.1 Å². The molecule has 0 bridgehead atoms. The van der Waals surface area contributed by atoms with Gasteiger partial charge < -0.3 is 15.7 Å². The molecule has 10 heteroatoms. The van der Waals surface area contributed by atoms with Crippen LogP contribution in [-0.4, -0.2) is 68.3 Å². The van der Waals surface area contributed by atoms with Crippen LogP contribution in [0, 0.1) is 23.2 Å². The lowest BCUT2D eigenvalue weighted by Gasteiger charge is -2.53. The van der Waals surface area contributed by atoms with Crippen LogP contribution in [0.2, 0.25) is 0 Å². The summed E-state index contributed by atoms with van der Waals surface area (Å²) in [7, 11) is 9.84. The van der Waals surface area contributed by atoms with Crippen molar-refractivity contribution in [2.24, 2.45) is 28.9 Å². The first-order valence-corrected chi connectivity index (χ1v) is 19.1. The maximum absolute atomic E-state index is 13.0. The number of aromatic nitrogens is 1. The van der Waals surface area contributed by atoms with Crippen molar-refractivity contribution >= 4 is 40.5 Å². The van der Waals surface area contributed by atoms with Gasteiger partial charge in [-0.2, -0.15) is 12.6 Å². The molecule has 3 N–H and O–H groups in total. The van der Waals surface area contributed by atoms with E-state index in [4.69, 9.17) is 31.3 Å². The van der Waals surface area contributed by atoms with E-state index >= 15 is 0 Å². The highest BCUT2D eigenvalue weighted by molar-refractivity contribution is 7.80. The molecule has 3 fully saturated rings. The van der Waals surface area contributed by atoms with Gasteiger partial charge in [0.2, 0.25) is 0 Å². The maximum atomic E-state index is 13.0. The van der Waals surface area contributed by atoms with E-state index in [2.05, 4.69) is 79.8 Å². The Morgan fingerprint density at radius 1 is 1.12 bits per heavy atom. The number of benzene rings is 1. The van der Waals surface area contributed by atoms with Crippen LogP contribution in [0.5, 0.6) is 0 Å². The molecule has 272 valence electrons. The minimum atomic E-state index is -2.48. The third-order valence-electron chi connectivity index (χ3n) is 12.2. The molecule has 7 unspecified atom stereocenters. The molecule has 0 spiro atoms. The molecule has 1 aromatic heterocycles. The van der Waals surface area contributed by atoms with Crippen molar-refractivity contribution < 1.29 is 18.7 Å². The second kappa shape index (κ2) is 19.0. The van der Waals surface area contributed by atoms with Gasteiger partial charge in [0.1, 0.15) is 15.7 Å². The zero-order chi connectivity index (χ0) is 37.1. The summed E-state index contributed by atoms with van der Waals surface area (Å²) < 4.78 is 25.8. The highest BCUT2D eigenvalue weighted by Gasteiger charge is 2.55. The lowest BCUT2D eigenvalue weighted by molar-refractivity contribution is -0.122. The normalized spacial score (nSPS) is 29.3. The lowest BCUT2D eigenvalue weighted by Crippen LogP contribution is -2.49. The molecule has 1 aromatic carbocycles. The number of piperidine rings is 1. The van der Waals surface area contributed by atoms with Crippen LogP contribution in [0.25, 0.3) is 0 Å². The first kappa shape index (κ1) is 42.1. The summed E-state index contributed by atoms with van der Waals surface area (Å²) in [5.41, 5.74) is 8.43. The van der Waals surface area contributed by atoms with Gasteiger partial charge in [0, 0.05) is 37.2 Å². The van der Waals surface area contributed by atoms with Crippen LogP contribution >= 0.6 is 12.6 Å². The first-order valence-electron chi connectivity index (χ1n) is 18.5. The molecule has 4 radical (unpaired) electrons. The smallest absolute Gasteiger partial charge is 0.290 e. The summed E-state index contributed by atoms with van der Waals surface area (Å²) in [6, 6.07) is 12.4. The molecule has 4 aliphatic rings. The molecule has 2 aromatic rings. The third-order valence-corrected chi connectivity index (χ3v) is 12.5. The van der Waals surface area contributed by atoms with E-state index in [9.17, 15) is 8.78 Å². The average Bonchev–Trinajstić information content (AvgIpc) is 3.42. The van der Waals surface area contributed by atoms with Crippen LogP contribution in [0.3, 0.4) is 0 Å². The van der Waals surface area contributed by atoms with E-state index in [0.717, 1.165) is 43.7 Å². The van der Waals surface area contributed by atoms with Crippen LogP contribution in [0.15, 0.2) is 55.9 Å². The van der Waals surface area contributed by atoms with Crippen molar-refractivity contribution in [3.63, 3.8) is 0 Å². The molecule has 1 aliphatic heterocycles. The number of fused-ring (bicyclic) bond motifs is 5. The lowest BCUT2D eigenvalue weighted by atomic mass is 9.52. The summed E-state index contributed by atoms with van der Waals surface area (Å²) >= 11 is 3.84. The van der Waals surface area contributed by atoms with Crippen LogP contribution < -0.4 is 10.6 Å². The molecule has 6 rings (SSSR count). The van der Waals surface area contributed by atoms with Crippen molar-refractivity contribution in [2.75, 3.05) is 23.7 Å². The molecule has 2 saturated carbocycles. The zero-order valence-electron chi connectivity index (χ0n) is 30.6. The number of pyridine rings is 1. The number of anilines is 1. The van der Waals surface area contributed by atoms with Crippen LogP contribution in [0.4, 0.5) is 14.5 Å². The molecule has 8 atom stereocenters. The molecule has 0 amide bonds. The quantitative estimate of drug-likeness (QED) is 0.111. The number of hydrogen-bond acceptors (Lipinski definition) is 5. The second-order valence-electron chi connectivity index (χ2n) is 15.1. The van der Waals surface area contributed by atoms with Crippen molar-refractivity contribution in [3.8, 4) is 0 Å². The number of nitrogens with zero attached hydrogens (tertiary/aromatic N) is 2.